The fourth-order valence-electron chi connectivity index (χ4n) is 1.53. The minimum atomic E-state index is -0.512. The average molecular weight is 234 g/mol. The van der Waals surface area contributed by atoms with Gasteiger partial charge in [-0.2, -0.15) is 0 Å². The number of hydrogen-bond donors (Lipinski definition) is 0. The van der Waals surface area contributed by atoms with E-state index in [4.69, 9.17) is 4.74 Å². The van der Waals surface area contributed by atoms with E-state index in [1.54, 1.807) is 25.1 Å². The first-order valence-electron chi connectivity index (χ1n) is 5.62. The largest absolute Gasteiger partial charge is 0.460 e. The van der Waals surface area contributed by atoms with Crippen molar-refractivity contribution in [1.82, 2.24) is 0 Å². The number of carbonyl (C=O) groups excluding carboxylic acids is 2. The number of hydrogen-bond acceptors (Lipinski definition) is 3. The zero-order chi connectivity index (χ0) is 13.1. The molecule has 0 radical (unpaired) electrons. The van der Waals surface area contributed by atoms with Crippen LogP contribution in [0.3, 0.4) is 0 Å². The van der Waals surface area contributed by atoms with Crippen LogP contribution >= 0.6 is 0 Å². The highest BCUT2D eigenvalue weighted by molar-refractivity contribution is 5.84. The second-order valence-corrected chi connectivity index (χ2v) is 5.00. The maximum absolute atomic E-state index is 11.9. The summed E-state index contributed by atoms with van der Waals surface area (Å²) in [5.74, 6) is -0.748. The number of carbonyl (C=O) groups is 2. The highest BCUT2D eigenvalue weighted by atomic mass is 16.6. The fraction of sp³-hybridized carbons (Fsp3) is 0.429. The lowest BCUT2D eigenvalue weighted by Crippen LogP contribution is -2.27. The van der Waals surface area contributed by atoms with Gasteiger partial charge in [0, 0.05) is 5.56 Å². The smallest absolute Gasteiger partial charge is 0.313 e. The van der Waals surface area contributed by atoms with E-state index in [-0.39, 0.29) is 5.97 Å². The predicted molar refractivity (Wildman–Crippen MR) is 66.1 cm³/mol. The molecule has 0 fully saturated rings. The van der Waals surface area contributed by atoms with E-state index in [0.29, 0.717) is 11.1 Å². The Labute approximate surface area is 102 Å². The van der Waals surface area contributed by atoms with Gasteiger partial charge in [0.1, 0.15) is 11.9 Å². The summed E-state index contributed by atoms with van der Waals surface area (Å²) < 4.78 is 5.30. The van der Waals surface area contributed by atoms with Crippen molar-refractivity contribution in [2.24, 2.45) is 0 Å². The molecule has 0 aliphatic carbocycles. The molecule has 0 bridgehead atoms. The molecule has 0 aliphatic heterocycles. The zero-order valence-corrected chi connectivity index (χ0v) is 10.7. The molecule has 0 aromatic heterocycles. The summed E-state index contributed by atoms with van der Waals surface area (Å²) in [6.07, 6.45) is 0.760. The lowest BCUT2D eigenvalue weighted by atomic mass is 9.96. The van der Waals surface area contributed by atoms with Crippen molar-refractivity contribution in [2.45, 2.75) is 39.2 Å². The molecule has 1 aromatic carbocycles. The predicted octanol–water partition coefficient (Wildman–Crippen LogP) is 2.94. The van der Waals surface area contributed by atoms with E-state index in [1.807, 2.05) is 26.8 Å². The summed E-state index contributed by atoms with van der Waals surface area (Å²) in [5, 5.41) is 0. The molecule has 1 aromatic rings. The van der Waals surface area contributed by atoms with Crippen molar-refractivity contribution in [2.75, 3.05) is 0 Å². The molecule has 0 aliphatic rings. The van der Waals surface area contributed by atoms with Gasteiger partial charge in [-0.3, -0.25) is 9.59 Å². The van der Waals surface area contributed by atoms with Crippen molar-refractivity contribution in [3.63, 3.8) is 0 Å². The van der Waals surface area contributed by atoms with Gasteiger partial charge in [-0.05, 0) is 33.3 Å². The van der Waals surface area contributed by atoms with Crippen LogP contribution in [0.4, 0.5) is 0 Å². The van der Waals surface area contributed by atoms with Gasteiger partial charge in [0.25, 0.3) is 0 Å². The third-order valence-corrected chi connectivity index (χ3v) is 2.35. The first-order chi connectivity index (χ1) is 7.85. The van der Waals surface area contributed by atoms with Crippen LogP contribution < -0.4 is 0 Å². The Morgan fingerprint density at radius 2 is 1.88 bits per heavy atom. The van der Waals surface area contributed by atoms with E-state index in [2.05, 4.69) is 0 Å². The summed E-state index contributed by atoms with van der Waals surface area (Å²) in [5.41, 5.74) is 0.726. The van der Waals surface area contributed by atoms with Crippen molar-refractivity contribution < 1.29 is 14.3 Å². The number of aldehydes is 1. The maximum atomic E-state index is 11.9. The molecular weight excluding hydrogens is 216 g/mol. The molecule has 17 heavy (non-hydrogen) atoms. The van der Waals surface area contributed by atoms with E-state index < -0.39 is 11.5 Å². The van der Waals surface area contributed by atoms with Crippen LogP contribution in [0.25, 0.3) is 0 Å². The third kappa shape index (κ3) is 3.70. The van der Waals surface area contributed by atoms with Crippen molar-refractivity contribution >= 4 is 12.3 Å². The van der Waals surface area contributed by atoms with Crippen LogP contribution in [-0.4, -0.2) is 17.9 Å². The van der Waals surface area contributed by atoms with E-state index >= 15 is 0 Å². The number of esters is 1. The molecule has 0 saturated heterocycles. The monoisotopic (exact) mass is 234 g/mol. The molecule has 0 spiro atoms. The number of ether oxygens (including phenoxy) is 1. The molecule has 92 valence electrons. The molecule has 1 unspecified atom stereocenters. The Bertz CT molecular complexity index is 416. The summed E-state index contributed by atoms with van der Waals surface area (Å²) in [4.78, 5) is 22.8. The summed E-state index contributed by atoms with van der Waals surface area (Å²) in [7, 11) is 0. The van der Waals surface area contributed by atoms with Crippen LogP contribution in [-0.2, 0) is 9.53 Å². The van der Waals surface area contributed by atoms with Gasteiger partial charge >= 0.3 is 5.97 Å². The Balaban J connectivity index is 2.92. The molecule has 0 heterocycles. The van der Waals surface area contributed by atoms with E-state index in [9.17, 15) is 9.59 Å². The first kappa shape index (κ1) is 13.4. The van der Waals surface area contributed by atoms with Gasteiger partial charge in [0.15, 0.2) is 0 Å². The van der Waals surface area contributed by atoms with Gasteiger partial charge < -0.3 is 4.74 Å². The normalized spacial score (nSPS) is 12.9. The first-order valence-corrected chi connectivity index (χ1v) is 5.62. The van der Waals surface area contributed by atoms with Gasteiger partial charge in [0.2, 0.25) is 0 Å². The SMILES string of the molecule is CC(C(=O)OC(C)(C)C)c1ccccc1C=O. The average Bonchev–Trinajstić information content (AvgIpc) is 2.25. The summed E-state index contributed by atoms with van der Waals surface area (Å²) in [6, 6.07) is 7.06. The van der Waals surface area contributed by atoms with Crippen LogP contribution in [0.15, 0.2) is 24.3 Å². The second-order valence-electron chi connectivity index (χ2n) is 5.00. The molecule has 3 nitrogen and oxygen atoms in total. The fourth-order valence-corrected chi connectivity index (χ4v) is 1.53. The lowest BCUT2D eigenvalue weighted by Gasteiger charge is -2.22. The Morgan fingerprint density at radius 3 is 2.41 bits per heavy atom. The topological polar surface area (TPSA) is 43.4 Å². The number of rotatable bonds is 3. The minimum Gasteiger partial charge on any atom is -0.460 e. The standard InChI is InChI=1S/C14H18O3/c1-10(13(16)17-14(2,3)4)12-8-6-5-7-11(12)9-15/h5-10H,1-4H3. The minimum absolute atomic E-state index is 0.313. The third-order valence-electron chi connectivity index (χ3n) is 2.35. The van der Waals surface area contributed by atoms with Crippen LogP contribution in [0.2, 0.25) is 0 Å². The molecule has 0 N–H and O–H groups in total. The molecule has 1 rings (SSSR count). The zero-order valence-electron chi connectivity index (χ0n) is 10.7. The van der Waals surface area contributed by atoms with Gasteiger partial charge in [-0.1, -0.05) is 24.3 Å². The van der Waals surface area contributed by atoms with E-state index in [0.717, 1.165) is 6.29 Å². The van der Waals surface area contributed by atoms with Crippen molar-refractivity contribution in [3.05, 3.63) is 35.4 Å². The molecule has 1 atom stereocenters. The Hall–Kier alpha value is -1.64. The summed E-state index contributed by atoms with van der Waals surface area (Å²) in [6.45, 7) is 7.21. The molecule has 0 amide bonds. The maximum Gasteiger partial charge on any atom is 0.313 e. The van der Waals surface area contributed by atoms with Crippen molar-refractivity contribution in [1.29, 1.82) is 0 Å². The van der Waals surface area contributed by atoms with Gasteiger partial charge in [-0.25, -0.2) is 0 Å². The Kier molecular flexibility index (Phi) is 4.05. The number of benzene rings is 1. The van der Waals surface area contributed by atoms with Gasteiger partial charge in [0.05, 0.1) is 5.92 Å². The van der Waals surface area contributed by atoms with E-state index in [1.165, 1.54) is 0 Å². The van der Waals surface area contributed by atoms with Crippen LogP contribution in [0.5, 0.6) is 0 Å². The summed E-state index contributed by atoms with van der Waals surface area (Å²) >= 11 is 0. The van der Waals surface area contributed by atoms with Crippen LogP contribution in [0, 0.1) is 0 Å². The quantitative estimate of drug-likeness (QED) is 0.596. The Morgan fingerprint density at radius 1 is 1.29 bits per heavy atom. The molecule has 0 saturated carbocycles. The van der Waals surface area contributed by atoms with Crippen LogP contribution in [0.1, 0.15) is 49.5 Å². The molecule has 3 heteroatoms. The highest BCUT2D eigenvalue weighted by Gasteiger charge is 2.24. The lowest BCUT2D eigenvalue weighted by molar-refractivity contribution is -0.156. The highest BCUT2D eigenvalue weighted by Crippen LogP contribution is 2.22. The van der Waals surface area contributed by atoms with Gasteiger partial charge in [-0.15, -0.1) is 0 Å². The van der Waals surface area contributed by atoms with Crippen molar-refractivity contribution in [3.8, 4) is 0 Å². The molecular formula is C14H18O3. The second kappa shape index (κ2) is 5.13.